The minimum atomic E-state index is -0.109. The fourth-order valence-electron chi connectivity index (χ4n) is 2.04. The molecular formula is C15H20N4O. The van der Waals surface area contributed by atoms with E-state index in [-0.39, 0.29) is 11.9 Å². The molecule has 0 saturated carbocycles. The molecule has 0 radical (unpaired) electrons. The molecule has 0 aliphatic carbocycles. The average molecular weight is 272 g/mol. The van der Waals surface area contributed by atoms with Gasteiger partial charge in [0.15, 0.2) is 0 Å². The molecule has 1 atom stereocenters. The summed E-state index contributed by atoms with van der Waals surface area (Å²) in [6.07, 6.45) is 1.57. The molecule has 2 rings (SSSR count). The molecule has 0 bridgehead atoms. The quantitative estimate of drug-likeness (QED) is 0.751. The Kier molecular flexibility index (Phi) is 4.90. The van der Waals surface area contributed by atoms with Gasteiger partial charge in [0.25, 0.3) is 5.91 Å². The highest BCUT2D eigenvalue weighted by Crippen LogP contribution is 2.20. The monoisotopic (exact) mass is 272 g/mol. The molecule has 1 aromatic carbocycles. The number of nitrogens with zero attached hydrogens (tertiary/aromatic N) is 1. The maximum absolute atomic E-state index is 12.2. The molecule has 1 amide bonds. The third-order valence-electron chi connectivity index (χ3n) is 3.07. The molecule has 0 unspecified atom stereocenters. The molecule has 3 N–H and O–H groups in total. The lowest BCUT2D eigenvalue weighted by atomic mass is 10.1. The van der Waals surface area contributed by atoms with Crippen molar-refractivity contribution in [2.75, 3.05) is 13.1 Å². The first-order valence-corrected chi connectivity index (χ1v) is 6.82. The molecule has 1 aromatic heterocycles. The number of aromatic nitrogens is 2. The number of hydrogen-bond acceptors (Lipinski definition) is 3. The van der Waals surface area contributed by atoms with Crippen molar-refractivity contribution in [1.82, 2.24) is 20.8 Å². The molecule has 5 nitrogen and oxygen atoms in total. The van der Waals surface area contributed by atoms with Crippen molar-refractivity contribution in [3.8, 4) is 11.3 Å². The van der Waals surface area contributed by atoms with Gasteiger partial charge >= 0.3 is 0 Å². The Hall–Kier alpha value is -2.14. The third kappa shape index (κ3) is 3.45. The maximum Gasteiger partial charge on any atom is 0.255 e. The van der Waals surface area contributed by atoms with Crippen LogP contribution in [0.1, 0.15) is 24.2 Å². The Bertz CT molecular complexity index is 550. The summed E-state index contributed by atoms with van der Waals surface area (Å²) in [6, 6.07) is 9.96. The molecule has 2 aromatic rings. The van der Waals surface area contributed by atoms with Gasteiger partial charge in [0, 0.05) is 18.2 Å². The van der Waals surface area contributed by atoms with E-state index in [0.717, 1.165) is 17.8 Å². The Balaban J connectivity index is 2.07. The van der Waals surface area contributed by atoms with Crippen LogP contribution >= 0.6 is 0 Å². The van der Waals surface area contributed by atoms with E-state index in [1.54, 1.807) is 6.20 Å². The first-order valence-electron chi connectivity index (χ1n) is 6.82. The Morgan fingerprint density at radius 2 is 2.10 bits per heavy atom. The van der Waals surface area contributed by atoms with Crippen LogP contribution in [0.2, 0.25) is 0 Å². The largest absolute Gasteiger partial charge is 0.350 e. The fraction of sp³-hybridized carbons (Fsp3) is 0.333. The van der Waals surface area contributed by atoms with Gasteiger partial charge in [-0.05, 0) is 13.5 Å². The zero-order valence-electron chi connectivity index (χ0n) is 11.8. The lowest BCUT2D eigenvalue weighted by Gasteiger charge is -2.13. The first kappa shape index (κ1) is 14.3. The van der Waals surface area contributed by atoms with E-state index in [4.69, 9.17) is 0 Å². The van der Waals surface area contributed by atoms with E-state index in [1.807, 2.05) is 44.2 Å². The van der Waals surface area contributed by atoms with Gasteiger partial charge in [0.05, 0.1) is 17.5 Å². The highest BCUT2D eigenvalue weighted by atomic mass is 16.1. The maximum atomic E-state index is 12.2. The van der Waals surface area contributed by atoms with Crippen LogP contribution < -0.4 is 10.6 Å². The summed E-state index contributed by atoms with van der Waals surface area (Å²) in [7, 11) is 0. The van der Waals surface area contributed by atoms with Crippen LogP contribution in [0, 0.1) is 0 Å². The lowest BCUT2D eigenvalue weighted by Crippen LogP contribution is -2.38. The summed E-state index contributed by atoms with van der Waals surface area (Å²) in [6.45, 7) is 5.56. The predicted octanol–water partition coefficient (Wildman–Crippen LogP) is 1.80. The number of carbonyl (C=O) groups is 1. The van der Waals surface area contributed by atoms with Gasteiger partial charge in [0.1, 0.15) is 0 Å². The van der Waals surface area contributed by atoms with Gasteiger partial charge in [0.2, 0.25) is 0 Å². The normalized spacial score (nSPS) is 12.1. The van der Waals surface area contributed by atoms with Gasteiger partial charge in [-0.1, -0.05) is 37.3 Å². The Labute approximate surface area is 118 Å². The number of carbonyl (C=O) groups excluding carboxylic acids is 1. The van der Waals surface area contributed by atoms with E-state index in [2.05, 4.69) is 20.8 Å². The van der Waals surface area contributed by atoms with E-state index in [0.29, 0.717) is 12.1 Å². The molecule has 0 saturated heterocycles. The van der Waals surface area contributed by atoms with Crippen LogP contribution in [0.3, 0.4) is 0 Å². The van der Waals surface area contributed by atoms with Crippen molar-refractivity contribution in [3.63, 3.8) is 0 Å². The van der Waals surface area contributed by atoms with Gasteiger partial charge in [-0.2, -0.15) is 5.10 Å². The zero-order chi connectivity index (χ0) is 14.4. The van der Waals surface area contributed by atoms with E-state index in [1.165, 1.54) is 0 Å². The molecule has 0 spiro atoms. The number of aromatic amines is 1. The number of H-pyrrole nitrogens is 1. The van der Waals surface area contributed by atoms with Gasteiger partial charge in [-0.25, -0.2) is 0 Å². The SMILES string of the molecule is CCN[C@H](C)CNC(=O)c1cn[nH]c1-c1ccccc1. The van der Waals surface area contributed by atoms with E-state index >= 15 is 0 Å². The Morgan fingerprint density at radius 1 is 1.35 bits per heavy atom. The summed E-state index contributed by atoms with van der Waals surface area (Å²) in [4.78, 5) is 12.2. The van der Waals surface area contributed by atoms with Crippen LogP contribution in [-0.2, 0) is 0 Å². The zero-order valence-corrected chi connectivity index (χ0v) is 11.8. The second kappa shape index (κ2) is 6.86. The van der Waals surface area contributed by atoms with Crippen LogP contribution in [-0.4, -0.2) is 35.2 Å². The lowest BCUT2D eigenvalue weighted by molar-refractivity contribution is 0.0951. The van der Waals surface area contributed by atoms with Crippen molar-refractivity contribution in [1.29, 1.82) is 0 Å². The molecule has 0 fully saturated rings. The summed E-state index contributed by atoms with van der Waals surface area (Å²) in [5, 5.41) is 13.0. The van der Waals surface area contributed by atoms with Crippen LogP contribution in [0.4, 0.5) is 0 Å². The summed E-state index contributed by atoms with van der Waals surface area (Å²) < 4.78 is 0. The smallest absolute Gasteiger partial charge is 0.255 e. The van der Waals surface area contributed by atoms with E-state index < -0.39 is 0 Å². The van der Waals surface area contributed by atoms with Gasteiger partial charge in [-0.15, -0.1) is 0 Å². The van der Waals surface area contributed by atoms with Crippen molar-refractivity contribution in [2.45, 2.75) is 19.9 Å². The predicted molar refractivity (Wildman–Crippen MR) is 79.5 cm³/mol. The second-order valence-electron chi connectivity index (χ2n) is 4.69. The average Bonchev–Trinajstić information content (AvgIpc) is 2.95. The van der Waals surface area contributed by atoms with Crippen molar-refractivity contribution in [2.24, 2.45) is 0 Å². The molecule has 20 heavy (non-hydrogen) atoms. The van der Waals surface area contributed by atoms with Gasteiger partial charge in [-0.3, -0.25) is 9.89 Å². The van der Waals surface area contributed by atoms with Crippen molar-refractivity contribution >= 4 is 5.91 Å². The molecule has 106 valence electrons. The number of likely N-dealkylation sites (N-methyl/N-ethyl adjacent to an activating group) is 1. The number of amides is 1. The molecule has 0 aliphatic rings. The minimum absolute atomic E-state index is 0.109. The number of nitrogens with one attached hydrogen (secondary N) is 3. The molecule has 1 heterocycles. The highest BCUT2D eigenvalue weighted by molar-refractivity contribution is 5.99. The minimum Gasteiger partial charge on any atom is -0.350 e. The highest BCUT2D eigenvalue weighted by Gasteiger charge is 2.15. The Morgan fingerprint density at radius 3 is 2.80 bits per heavy atom. The summed E-state index contributed by atoms with van der Waals surface area (Å²) in [5.74, 6) is -0.109. The number of rotatable bonds is 6. The number of hydrogen-bond donors (Lipinski definition) is 3. The van der Waals surface area contributed by atoms with E-state index in [9.17, 15) is 4.79 Å². The van der Waals surface area contributed by atoms with Crippen LogP contribution in [0.5, 0.6) is 0 Å². The van der Waals surface area contributed by atoms with Gasteiger partial charge < -0.3 is 10.6 Å². The number of benzene rings is 1. The van der Waals surface area contributed by atoms with Crippen molar-refractivity contribution < 1.29 is 4.79 Å². The van der Waals surface area contributed by atoms with Crippen molar-refractivity contribution in [3.05, 3.63) is 42.1 Å². The second-order valence-corrected chi connectivity index (χ2v) is 4.69. The van der Waals surface area contributed by atoms with Crippen LogP contribution in [0.15, 0.2) is 36.5 Å². The summed E-state index contributed by atoms with van der Waals surface area (Å²) in [5.41, 5.74) is 2.27. The standard InChI is InChI=1S/C15H20N4O/c1-3-16-11(2)9-17-15(20)13-10-18-19-14(13)12-7-5-4-6-8-12/h4-8,10-11,16H,3,9H2,1-2H3,(H,17,20)(H,18,19)/t11-/m1/s1. The van der Waals surface area contributed by atoms with Crippen LogP contribution in [0.25, 0.3) is 11.3 Å². The first-order chi connectivity index (χ1) is 9.72. The topological polar surface area (TPSA) is 69.8 Å². The summed E-state index contributed by atoms with van der Waals surface area (Å²) >= 11 is 0. The molecular weight excluding hydrogens is 252 g/mol. The third-order valence-corrected chi connectivity index (χ3v) is 3.07. The fourth-order valence-corrected chi connectivity index (χ4v) is 2.04. The molecule has 5 heteroatoms. The molecule has 0 aliphatic heterocycles.